The largest absolute Gasteiger partial charge is 0.356 e. The molecule has 0 aliphatic rings. The Balaban J connectivity index is 1.49. The van der Waals surface area contributed by atoms with Crippen LogP contribution < -0.4 is 5.32 Å². The normalized spacial score (nSPS) is 10.7. The molecule has 2 heterocycles. The molecule has 150 valence electrons. The van der Waals surface area contributed by atoms with Crippen molar-refractivity contribution in [2.75, 3.05) is 0 Å². The molecule has 0 fully saturated rings. The van der Waals surface area contributed by atoms with Gasteiger partial charge in [0.1, 0.15) is 11.4 Å². The number of imidazole rings is 1. The van der Waals surface area contributed by atoms with Crippen LogP contribution in [0.25, 0.3) is 17.0 Å². The van der Waals surface area contributed by atoms with Crippen LogP contribution in [0.4, 0.5) is 5.69 Å². The molecular weight excluding hydrogens is 410 g/mol. The molecule has 0 atom stereocenters. The molecule has 0 spiro atoms. The topological polar surface area (TPSA) is 116 Å². The summed E-state index contributed by atoms with van der Waals surface area (Å²) >= 11 is 6.15. The summed E-state index contributed by atoms with van der Waals surface area (Å²) in [4.78, 5) is 27.3. The van der Waals surface area contributed by atoms with E-state index in [0.717, 1.165) is 0 Å². The van der Waals surface area contributed by atoms with E-state index in [0.29, 0.717) is 27.7 Å². The van der Waals surface area contributed by atoms with E-state index in [2.05, 4.69) is 15.5 Å². The van der Waals surface area contributed by atoms with E-state index in [1.807, 2.05) is 6.07 Å². The Bertz CT molecular complexity index is 1220. The van der Waals surface area contributed by atoms with Gasteiger partial charge in [0.15, 0.2) is 5.76 Å². The number of nitrogens with zero attached hydrogens (tertiary/aromatic N) is 4. The van der Waals surface area contributed by atoms with Gasteiger partial charge in [-0.25, -0.2) is 4.98 Å². The molecule has 4 aromatic rings. The van der Waals surface area contributed by atoms with Crippen molar-refractivity contribution in [2.45, 2.75) is 6.54 Å². The highest BCUT2D eigenvalue weighted by atomic mass is 35.5. The highest BCUT2D eigenvalue weighted by molar-refractivity contribution is 6.33. The van der Waals surface area contributed by atoms with Gasteiger partial charge < -0.3 is 14.4 Å². The van der Waals surface area contributed by atoms with Crippen LogP contribution in [0.3, 0.4) is 0 Å². The maximum Gasteiger partial charge on any atom is 0.294 e. The first kappa shape index (κ1) is 19.3. The van der Waals surface area contributed by atoms with Crippen molar-refractivity contribution in [3.63, 3.8) is 0 Å². The smallest absolute Gasteiger partial charge is 0.294 e. The standard InChI is InChI=1S/C20H14ClN5O4/c21-16-4-2-1-3-15(16)19-10-14(24-30-19)11-23-20(27)13-5-6-17(18(9-13)26(28)29)25-8-7-22-12-25/h1-10,12H,11H2,(H,23,27). The second kappa shape index (κ2) is 8.18. The molecular formula is C20H14ClN5O4. The minimum Gasteiger partial charge on any atom is -0.356 e. The number of nitro benzene ring substituents is 1. The second-order valence-electron chi connectivity index (χ2n) is 6.28. The number of halogens is 1. The fourth-order valence-corrected chi connectivity index (χ4v) is 3.12. The Morgan fingerprint density at radius 2 is 2.07 bits per heavy atom. The summed E-state index contributed by atoms with van der Waals surface area (Å²) in [5.74, 6) is 0.00254. The predicted octanol–water partition coefficient (Wildman–Crippen LogP) is 4.02. The van der Waals surface area contributed by atoms with Gasteiger partial charge in [0, 0.05) is 35.7 Å². The van der Waals surface area contributed by atoms with Crippen molar-refractivity contribution < 1.29 is 14.2 Å². The first-order valence-electron chi connectivity index (χ1n) is 8.78. The molecule has 1 N–H and O–H groups in total. The maximum atomic E-state index is 12.5. The number of benzene rings is 2. The summed E-state index contributed by atoms with van der Waals surface area (Å²) in [5, 5.41) is 18.6. The van der Waals surface area contributed by atoms with Gasteiger partial charge in [0.05, 0.1) is 22.8 Å². The lowest BCUT2D eigenvalue weighted by Crippen LogP contribution is -2.23. The number of hydrogen-bond acceptors (Lipinski definition) is 6. The predicted molar refractivity (Wildman–Crippen MR) is 108 cm³/mol. The van der Waals surface area contributed by atoms with Gasteiger partial charge in [-0.15, -0.1) is 0 Å². The van der Waals surface area contributed by atoms with E-state index in [9.17, 15) is 14.9 Å². The van der Waals surface area contributed by atoms with E-state index in [1.165, 1.54) is 35.3 Å². The molecule has 30 heavy (non-hydrogen) atoms. The first-order chi connectivity index (χ1) is 14.5. The maximum absolute atomic E-state index is 12.5. The minimum atomic E-state index is -0.542. The van der Waals surface area contributed by atoms with Gasteiger partial charge in [0.2, 0.25) is 0 Å². The van der Waals surface area contributed by atoms with Gasteiger partial charge in [-0.1, -0.05) is 28.9 Å². The van der Waals surface area contributed by atoms with Crippen molar-refractivity contribution in [1.82, 2.24) is 20.0 Å². The summed E-state index contributed by atoms with van der Waals surface area (Å²) in [6.07, 6.45) is 4.55. The van der Waals surface area contributed by atoms with Crippen LogP contribution in [0, 0.1) is 10.1 Å². The summed E-state index contributed by atoms with van der Waals surface area (Å²) in [7, 11) is 0. The average molecular weight is 424 g/mol. The van der Waals surface area contributed by atoms with Crippen molar-refractivity contribution in [1.29, 1.82) is 0 Å². The lowest BCUT2D eigenvalue weighted by molar-refractivity contribution is -0.384. The molecule has 2 aromatic heterocycles. The Morgan fingerprint density at radius 1 is 1.23 bits per heavy atom. The molecule has 0 bridgehead atoms. The van der Waals surface area contributed by atoms with E-state index in [1.54, 1.807) is 30.5 Å². The van der Waals surface area contributed by atoms with Crippen LogP contribution in [0.1, 0.15) is 16.1 Å². The van der Waals surface area contributed by atoms with E-state index < -0.39 is 10.8 Å². The van der Waals surface area contributed by atoms with Crippen LogP contribution in [0.15, 0.2) is 71.8 Å². The van der Waals surface area contributed by atoms with Crippen LogP contribution in [-0.2, 0) is 6.54 Å². The summed E-state index contributed by atoms with van der Waals surface area (Å²) < 4.78 is 6.80. The molecule has 0 unspecified atom stereocenters. The zero-order valence-electron chi connectivity index (χ0n) is 15.4. The SMILES string of the molecule is O=C(NCc1cc(-c2ccccc2Cl)on1)c1ccc(-n2ccnc2)c([N+](=O)[O-])c1. The van der Waals surface area contributed by atoms with E-state index in [-0.39, 0.29) is 17.8 Å². The van der Waals surface area contributed by atoms with E-state index in [4.69, 9.17) is 16.1 Å². The highest BCUT2D eigenvalue weighted by Gasteiger charge is 2.19. The van der Waals surface area contributed by atoms with Gasteiger partial charge in [-0.3, -0.25) is 14.9 Å². The molecule has 2 aromatic carbocycles. The molecule has 0 aliphatic heterocycles. The number of rotatable bonds is 6. The third-order valence-corrected chi connectivity index (χ3v) is 4.67. The average Bonchev–Trinajstić information content (AvgIpc) is 3.44. The van der Waals surface area contributed by atoms with Crippen molar-refractivity contribution in [2.24, 2.45) is 0 Å². The van der Waals surface area contributed by atoms with Crippen molar-refractivity contribution in [3.8, 4) is 17.0 Å². The Kier molecular flexibility index (Phi) is 5.27. The lowest BCUT2D eigenvalue weighted by atomic mass is 10.1. The van der Waals surface area contributed by atoms with Gasteiger partial charge in [0.25, 0.3) is 11.6 Å². The van der Waals surface area contributed by atoms with Gasteiger partial charge in [-0.2, -0.15) is 0 Å². The van der Waals surface area contributed by atoms with Crippen LogP contribution in [-0.4, -0.2) is 25.5 Å². The Hall–Kier alpha value is -3.98. The van der Waals surface area contributed by atoms with E-state index >= 15 is 0 Å². The molecule has 0 saturated heterocycles. The zero-order valence-corrected chi connectivity index (χ0v) is 16.1. The lowest BCUT2D eigenvalue weighted by Gasteiger charge is -2.07. The third-order valence-electron chi connectivity index (χ3n) is 4.35. The second-order valence-corrected chi connectivity index (χ2v) is 6.68. The number of nitrogens with one attached hydrogen (secondary N) is 1. The first-order valence-corrected chi connectivity index (χ1v) is 9.16. The zero-order chi connectivity index (χ0) is 21.1. The van der Waals surface area contributed by atoms with Crippen molar-refractivity contribution >= 4 is 23.2 Å². The minimum absolute atomic E-state index is 0.0872. The quantitative estimate of drug-likeness (QED) is 0.370. The summed E-state index contributed by atoms with van der Waals surface area (Å²) in [6, 6.07) is 13.1. The van der Waals surface area contributed by atoms with Crippen LogP contribution in [0.2, 0.25) is 5.02 Å². The Labute approximate surface area is 175 Å². The van der Waals surface area contributed by atoms with Crippen LogP contribution in [0.5, 0.6) is 0 Å². The van der Waals surface area contributed by atoms with Crippen molar-refractivity contribution in [3.05, 3.63) is 93.6 Å². The summed E-state index contributed by atoms with van der Waals surface area (Å²) in [6.45, 7) is 0.0872. The molecule has 0 saturated carbocycles. The number of nitro groups is 1. The monoisotopic (exact) mass is 423 g/mol. The highest BCUT2D eigenvalue weighted by Crippen LogP contribution is 2.28. The number of carbonyl (C=O) groups is 1. The van der Waals surface area contributed by atoms with Gasteiger partial charge >= 0.3 is 0 Å². The molecule has 0 aliphatic carbocycles. The Morgan fingerprint density at radius 3 is 2.80 bits per heavy atom. The third kappa shape index (κ3) is 3.91. The number of carbonyl (C=O) groups excluding carboxylic acids is 1. The number of aromatic nitrogens is 3. The molecule has 4 rings (SSSR count). The molecule has 10 heteroatoms. The number of hydrogen-bond donors (Lipinski definition) is 1. The fraction of sp³-hybridized carbons (Fsp3) is 0.0500. The molecule has 0 radical (unpaired) electrons. The summed E-state index contributed by atoms with van der Waals surface area (Å²) in [5.41, 5.74) is 1.44. The van der Waals surface area contributed by atoms with Crippen LogP contribution >= 0.6 is 11.6 Å². The molecule has 1 amide bonds. The fourth-order valence-electron chi connectivity index (χ4n) is 2.89. The number of amides is 1. The van der Waals surface area contributed by atoms with Gasteiger partial charge in [-0.05, 0) is 24.3 Å². The molecule has 9 nitrogen and oxygen atoms in total.